The highest BCUT2D eigenvalue weighted by molar-refractivity contribution is 8.03. The summed E-state index contributed by atoms with van der Waals surface area (Å²) in [6.07, 6.45) is 0. The summed E-state index contributed by atoms with van der Waals surface area (Å²) in [5.74, 6) is -1.47. The van der Waals surface area contributed by atoms with Crippen LogP contribution in [0.15, 0.2) is 64.3 Å². The average Bonchev–Trinajstić information content (AvgIpc) is 2.85. The van der Waals surface area contributed by atoms with Crippen molar-refractivity contribution in [3.8, 4) is 6.07 Å². The molecule has 0 aromatic heterocycles. The van der Waals surface area contributed by atoms with Crippen LogP contribution in [0.2, 0.25) is 10.0 Å². The molecule has 10 heteroatoms. The topological polar surface area (TPSA) is 100 Å². The molecule has 0 spiro atoms. The van der Waals surface area contributed by atoms with Gasteiger partial charge in [-0.2, -0.15) is 5.26 Å². The summed E-state index contributed by atoms with van der Waals surface area (Å²) < 4.78 is 10.3. The maximum atomic E-state index is 13.0. The number of ether oxygens (including phenoxy) is 2. The Morgan fingerprint density at radius 3 is 2.50 bits per heavy atom. The van der Waals surface area contributed by atoms with Crippen molar-refractivity contribution in [2.75, 3.05) is 31.4 Å². The number of thioether (sulfide) groups is 1. The van der Waals surface area contributed by atoms with Crippen molar-refractivity contribution in [2.45, 2.75) is 19.8 Å². The monoisotopic (exact) mass is 545 g/mol. The number of nitrogens with zero attached hydrogens (tertiary/aromatic N) is 1. The van der Waals surface area contributed by atoms with Gasteiger partial charge >= 0.3 is 5.97 Å². The number of carbonyl (C=O) groups excluding carboxylic acids is 2. The van der Waals surface area contributed by atoms with Crippen molar-refractivity contribution >= 4 is 52.5 Å². The quantitative estimate of drug-likeness (QED) is 0.314. The molecule has 188 valence electrons. The van der Waals surface area contributed by atoms with Gasteiger partial charge in [0, 0.05) is 28.5 Å². The van der Waals surface area contributed by atoms with E-state index in [9.17, 15) is 14.9 Å². The third-order valence-electron chi connectivity index (χ3n) is 5.39. The van der Waals surface area contributed by atoms with E-state index in [4.69, 9.17) is 32.7 Å². The average molecular weight is 546 g/mol. The predicted molar refractivity (Wildman–Crippen MR) is 143 cm³/mol. The summed E-state index contributed by atoms with van der Waals surface area (Å²) >= 11 is 13.4. The molecular weight excluding hydrogens is 521 g/mol. The second-order valence-corrected chi connectivity index (χ2v) is 9.76. The smallest absolute Gasteiger partial charge is 0.336 e. The summed E-state index contributed by atoms with van der Waals surface area (Å²) in [6, 6.07) is 14.4. The van der Waals surface area contributed by atoms with Gasteiger partial charge in [-0.3, -0.25) is 4.79 Å². The summed E-state index contributed by atoms with van der Waals surface area (Å²) in [4.78, 5) is 25.6. The molecule has 0 bridgehead atoms. The van der Waals surface area contributed by atoms with Gasteiger partial charge in [0.25, 0.3) is 0 Å². The molecular formula is C26H25Cl2N3O4S. The van der Waals surface area contributed by atoms with Crippen LogP contribution < -0.4 is 10.6 Å². The first-order chi connectivity index (χ1) is 17.2. The Morgan fingerprint density at radius 1 is 1.14 bits per heavy atom. The van der Waals surface area contributed by atoms with Crippen molar-refractivity contribution in [1.82, 2.24) is 5.32 Å². The van der Waals surface area contributed by atoms with E-state index in [2.05, 4.69) is 16.7 Å². The van der Waals surface area contributed by atoms with Crippen LogP contribution in [0.4, 0.5) is 5.69 Å². The summed E-state index contributed by atoms with van der Waals surface area (Å²) in [6.45, 7) is 3.94. The second-order valence-electron chi connectivity index (χ2n) is 7.93. The van der Waals surface area contributed by atoms with Gasteiger partial charge in [0.2, 0.25) is 5.91 Å². The highest BCUT2D eigenvalue weighted by Gasteiger charge is 2.35. The minimum atomic E-state index is -0.690. The third-order valence-corrected chi connectivity index (χ3v) is 7.07. The number of carbonyl (C=O) groups is 2. The standard InChI is InChI=1S/C26H25Cl2N3O4S/c1-15-4-9-19(12-21(15)28)31-22(32)14-36-25-20(13-29)24(17-5-7-18(27)8-6-17)23(16(2)30-25)26(33)35-11-10-34-3/h4-9,12,24,30H,10-11,14H2,1-3H3,(H,31,32)/t24-/m0/s1. The van der Waals surface area contributed by atoms with Crippen molar-refractivity contribution in [3.05, 3.63) is 85.5 Å². The van der Waals surface area contributed by atoms with Crippen LogP contribution in [0.3, 0.4) is 0 Å². The Labute approximate surface area is 224 Å². The largest absolute Gasteiger partial charge is 0.460 e. The van der Waals surface area contributed by atoms with E-state index in [1.54, 1.807) is 43.3 Å². The van der Waals surface area contributed by atoms with E-state index in [1.165, 1.54) is 18.9 Å². The molecule has 7 nitrogen and oxygen atoms in total. The lowest BCUT2D eigenvalue weighted by Crippen LogP contribution is -2.29. The number of amides is 1. The number of aryl methyl sites for hydroxylation is 1. The zero-order valence-electron chi connectivity index (χ0n) is 20.0. The van der Waals surface area contributed by atoms with E-state index in [1.807, 2.05) is 13.0 Å². The maximum absolute atomic E-state index is 13.0. The van der Waals surface area contributed by atoms with Gasteiger partial charge in [-0.05, 0) is 49.2 Å². The van der Waals surface area contributed by atoms with E-state index >= 15 is 0 Å². The number of nitriles is 1. The summed E-state index contributed by atoms with van der Waals surface area (Å²) in [5.41, 5.74) is 3.34. The van der Waals surface area contributed by atoms with Gasteiger partial charge in [-0.25, -0.2) is 4.79 Å². The molecule has 0 aliphatic carbocycles. The van der Waals surface area contributed by atoms with Crippen molar-refractivity contribution in [3.63, 3.8) is 0 Å². The molecule has 0 saturated carbocycles. The van der Waals surface area contributed by atoms with E-state index in [0.29, 0.717) is 43.2 Å². The van der Waals surface area contributed by atoms with Crippen molar-refractivity contribution in [2.24, 2.45) is 0 Å². The van der Waals surface area contributed by atoms with Crippen LogP contribution in [-0.4, -0.2) is 38.0 Å². The van der Waals surface area contributed by atoms with Crippen molar-refractivity contribution in [1.29, 1.82) is 5.26 Å². The number of allylic oxidation sites excluding steroid dienone is 2. The van der Waals surface area contributed by atoms with Gasteiger partial charge in [0.15, 0.2) is 0 Å². The molecule has 2 aromatic rings. The number of anilines is 1. The van der Waals surface area contributed by atoms with Crippen LogP contribution in [0.5, 0.6) is 0 Å². The number of benzene rings is 2. The lowest BCUT2D eigenvalue weighted by molar-refractivity contribution is -0.140. The van der Waals surface area contributed by atoms with Crippen LogP contribution in [0.1, 0.15) is 24.0 Å². The fraction of sp³-hybridized carbons (Fsp3) is 0.269. The molecule has 0 saturated heterocycles. The Balaban J connectivity index is 1.86. The molecule has 3 rings (SSSR count). The highest BCUT2D eigenvalue weighted by atomic mass is 35.5. The predicted octanol–water partition coefficient (Wildman–Crippen LogP) is 5.56. The third kappa shape index (κ3) is 6.83. The number of hydrogen-bond acceptors (Lipinski definition) is 7. The normalized spacial score (nSPS) is 15.3. The van der Waals surface area contributed by atoms with E-state index in [-0.39, 0.29) is 24.9 Å². The molecule has 1 aliphatic rings. The molecule has 0 fully saturated rings. The number of methoxy groups -OCH3 is 1. The van der Waals surface area contributed by atoms with Crippen LogP contribution in [-0.2, 0) is 19.1 Å². The van der Waals surface area contributed by atoms with Gasteiger partial charge in [-0.15, -0.1) is 0 Å². The highest BCUT2D eigenvalue weighted by Crippen LogP contribution is 2.41. The van der Waals surface area contributed by atoms with Crippen LogP contribution in [0, 0.1) is 18.3 Å². The fourth-order valence-electron chi connectivity index (χ4n) is 3.59. The SMILES string of the molecule is COCCOC(=O)C1=C(C)NC(SCC(=O)Nc2ccc(C)c(Cl)c2)=C(C#N)[C@@H]1c1ccc(Cl)cc1. The molecule has 1 atom stereocenters. The van der Waals surface area contributed by atoms with Gasteiger partial charge in [0.1, 0.15) is 6.61 Å². The Kier molecular flexibility index (Phi) is 9.85. The van der Waals surface area contributed by atoms with E-state index < -0.39 is 11.9 Å². The Morgan fingerprint density at radius 2 is 1.86 bits per heavy atom. The van der Waals surface area contributed by atoms with Gasteiger partial charge in [-0.1, -0.05) is 53.2 Å². The zero-order valence-corrected chi connectivity index (χ0v) is 22.3. The summed E-state index contributed by atoms with van der Waals surface area (Å²) in [7, 11) is 1.51. The lowest BCUT2D eigenvalue weighted by atomic mass is 9.82. The molecule has 1 heterocycles. The first-order valence-electron chi connectivity index (χ1n) is 11.0. The summed E-state index contributed by atoms with van der Waals surface area (Å²) in [5, 5.41) is 17.6. The lowest BCUT2D eigenvalue weighted by Gasteiger charge is -2.29. The Bertz CT molecular complexity index is 1250. The minimum Gasteiger partial charge on any atom is -0.460 e. The maximum Gasteiger partial charge on any atom is 0.336 e. The molecule has 1 amide bonds. The molecule has 2 N–H and O–H groups in total. The van der Waals surface area contributed by atoms with Gasteiger partial charge in [0.05, 0.1) is 40.5 Å². The van der Waals surface area contributed by atoms with Gasteiger partial charge < -0.3 is 20.1 Å². The molecule has 0 unspecified atom stereocenters. The van der Waals surface area contributed by atoms with Crippen LogP contribution in [0.25, 0.3) is 0 Å². The number of esters is 1. The van der Waals surface area contributed by atoms with Crippen molar-refractivity contribution < 1.29 is 19.1 Å². The van der Waals surface area contributed by atoms with Crippen LogP contribution >= 0.6 is 35.0 Å². The first kappa shape index (κ1) is 27.6. The second kappa shape index (κ2) is 12.8. The number of dihydropyridines is 1. The molecule has 36 heavy (non-hydrogen) atoms. The Hall–Kier alpha value is -2.96. The first-order valence-corrected chi connectivity index (χ1v) is 12.7. The number of nitrogens with one attached hydrogen (secondary N) is 2. The van der Waals surface area contributed by atoms with E-state index in [0.717, 1.165) is 5.56 Å². The molecule has 2 aromatic carbocycles. The number of hydrogen-bond donors (Lipinski definition) is 2. The fourth-order valence-corrected chi connectivity index (χ4v) is 4.78. The molecule has 0 radical (unpaired) electrons. The molecule has 1 aliphatic heterocycles. The number of rotatable bonds is 9. The minimum absolute atomic E-state index is 0.0350. The number of halogens is 2. The zero-order chi connectivity index (χ0) is 26.2.